The Morgan fingerprint density at radius 1 is 0.719 bits per heavy atom. The van der Waals surface area contributed by atoms with Crippen LogP contribution in [0.5, 0.6) is 0 Å². The van der Waals surface area contributed by atoms with Gasteiger partial charge in [-0.15, -0.1) is 0 Å². The maximum atomic E-state index is 6.59. The summed E-state index contributed by atoms with van der Waals surface area (Å²) >= 11 is 6.59. The molecule has 1 atom stereocenters. The molecule has 0 amide bonds. The summed E-state index contributed by atoms with van der Waals surface area (Å²) in [6.45, 7) is 10.7. The highest BCUT2D eigenvalue weighted by Crippen LogP contribution is 2.56. The van der Waals surface area contributed by atoms with Gasteiger partial charge in [0.2, 0.25) is 0 Å². The summed E-state index contributed by atoms with van der Waals surface area (Å²) in [6, 6.07) is 33.0. The molecule has 4 aromatic rings. The van der Waals surface area contributed by atoms with Crippen molar-refractivity contribution in [2.45, 2.75) is 31.6 Å². The molecule has 1 heteroatoms. The van der Waals surface area contributed by atoms with Crippen LogP contribution in [0.3, 0.4) is 0 Å². The molecule has 0 aliphatic heterocycles. The molecule has 158 valence electrons. The van der Waals surface area contributed by atoms with Gasteiger partial charge >= 0.3 is 0 Å². The zero-order chi connectivity index (χ0) is 22.5. The molecule has 32 heavy (non-hydrogen) atoms. The van der Waals surface area contributed by atoms with Crippen molar-refractivity contribution in [2.75, 3.05) is 0 Å². The van der Waals surface area contributed by atoms with Crippen LogP contribution in [0.25, 0.3) is 17.2 Å². The van der Waals surface area contributed by atoms with Gasteiger partial charge in [0.15, 0.2) is 0 Å². The molecule has 4 aromatic carbocycles. The van der Waals surface area contributed by atoms with Crippen LogP contribution in [0.2, 0.25) is 5.02 Å². The first-order valence-electron chi connectivity index (χ1n) is 11.1. The van der Waals surface area contributed by atoms with Crippen LogP contribution in [0, 0.1) is 0 Å². The number of rotatable bonds is 3. The van der Waals surface area contributed by atoms with Gasteiger partial charge < -0.3 is 0 Å². The second-order valence-corrected chi connectivity index (χ2v) is 10.1. The highest BCUT2D eigenvalue weighted by Gasteiger charge is 2.46. The summed E-state index contributed by atoms with van der Waals surface area (Å²) in [5.74, 6) is 0. The maximum absolute atomic E-state index is 6.59. The van der Waals surface area contributed by atoms with Crippen LogP contribution >= 0.6 is 11.6 Å². The summed E-state index contributed by atoms with van der Waals surface area (Å²) in [7, 11) is 0. The SMILES string of the molecule is C=Cc1ccc(C2(c3ccc(C(C)(C)C)cc3)c3ccccc3-c3ccc(Cl)cc32)cc1. The third-order valence-corrected chi connectivity index (χ3v) is 7.01. The van der Waals surface area contributed by atoms with Crippen molar-refractivity contribution in [2.24, 2.45) is 0 Å². The molecule has 0 heterocycles. The zero-order valence-corrected chi connectivity index (χ0v) is 19.6. The molecule has 0 nitrogen and oxygen atoms in total. The molecule has 1 aliphatic rings. The summed E-state index contributed by atoms with van der Waals surface area (Å²) < 4.78 is 0. The van der Waals surface area contributed by atoms with Gasteiger partial charge in [-0.05, 0) is 62.1 Å². The van der Waals surface area contributed by atoms with Crippen molar-refractivity contribution in [1.82, 2.24) is 0 Å². The smallest absolute Gasteiger partial charge is 0.0714 e. The molecule has 0 spiro atoms. The van der Waals surface area contributed by atoms with E-state index < -0.39 is 5.41 Å². The quantitative estimate of drug-likeness (QED) is 0.266. The van der Waals surface area contributed by atoms with Crippen LogP contribution in [-0.2, 0) is 10.8 Å². The van der Waals surface area contributed by atoms with Crippen LogP contribution in [0.1, 0.15) is 54.2 Å². The molecular weight excluding hydrogens is 408 g/mol. The largest absolute Gasteiger partial charge is 0.0985 e. The molecule has 0 fully saturated rings. The minimum Gasteiger partial charge on any atom is -0.0985 e. The normalized spacial score (nSPS) is 17.0. The van der Waals surface area contributed by atoms with E-state index in [1.807, 2.05) is 12.1 Å². The number of hydrogen-bond donors (Lipinski definition) is 0. The first-order valence-corrected chi connectivity index (χ1v) is 11.5. The van der Waals surface area contributed by atoms with Crippen molar-refractivity contribution in [3.8, 4) is 11.1 Å². The molecule has 1 unspecified atom stereocenters. The van der Waals surface area contributed by atoms with E-state index in [9.17, 15) is 0 Å². The Morgan fingerprint density at radius 3 is 1.94 bits per heavy atom. The predicted octanol–water partition coefficient (Wildman–Crippen LogP) is 8.64. The van der Waals surface area contributed by atoms with Gasteiger partial charge in [0, 0.05) is 5.02 Å². The van der Waals surface area contributed by atoms with Gasteiger partial charge in [-0.1, -0.05) is 124 Å². The average Bonchev–Trinajstić information content (AvgIpc) is 3.09. The van der Waals surface area contributed by atoms with E-state index in [1.165, 1.54) is 38.9 Å². The lowest BCUT2D eigenvalue weighted by molar-refractivity contribution is 0.589. The van der Waals surface area contributed by atoms with Crippen LogP contribution in [0.15, 0.2) is 97.6 Å². The minimum absolute atomic E-state index is 0.103. The monoisotopic (exact) mass is 434 g/mol. The maximum Gasteiger partial charge on any atom is 0.0714 e. The Bertz CT molecular complexity index is 1300. The van der Waals surface area contributed by atoms with Crippen molar-refractivity contribution >= 4 is 17.7 Å². The minimum atomic E-state index is -0.424. The Hall–Kier alpha value is -3.09. The Balaban J connectivity index is 1.88. The number of fused-ring (bicyclic) bond motifs is 3. The summed E-state index contributed by atoms with van der Waals surface area (Å²) in [4.78, 5) is 0. The Kier molecular flexibility index (Phi) is 4.87. The lowest BCUT2D eigenvalue weighted by Crippen LogP contribution is -2.28. The second kappa shape index (κ2) is 7.50. The number of benzene rings is 4. The summed E-state index contributed by atoms with van der Waals surface area (Å²) in [5, 5.41) is 0.759. The van der Waals surface area contributed by atoms with Crippen molar-refractivity contribution in [1.29, 1.82) is 0 Å². The third kappa shape index (κ3) is 3.05. The standard InChI is InChI=1S/C31H27Cl/c1-5-21-10-12-23(13-11-21)31(24-16-14-22(15-17-24)30(2,3)4)28-9-7-6-8-26(28)27-19-18-25(32)20-29(27)31/h5-20H,1H2,2-4H3. The predicted molar refractivity (Wildman–Crippen MR) is 138 cm³/mol. The first-order chi connectivity index (χ1) is 15.4. The molecule has 0 bridgehead atoms. The molecule has 0 aromatic heterocycles. The molecule has 0 N–H and O–H groups in total. The average molecular weight is 435 g/mol. The summed E-state index contributed by atoms with van der Waals surface area (Å²) in [6.07, 6.45) is 1.89. The molecule has 0 saturated carbocycles. The van der Waals surface area contributed by atoms with E-state index in [0.29, 0.717) is 0 Å². The number of hydrogen-bond acceptors (Lipinski definition) is 0. The lowest BCUT2D eigenvalue weighted by Gasteiger charge is -2.34. The fourth-order valence-corrected chi connectivity index (χ4v) is 5.30. The molecule has 5 rings (SSSR count). The van der Waals surface area contributed by atoms with Gasteiger partial charge in [0.1, 0.15) is 0 Å². The fourth-order valence-electron chi connectivity index (χ4n) is 5.13. The number of halogens is 1. The van der Waals surface area contributed by atoms with E-state index in [1.54, 1.807) is 0 Å². The zero-order valence-electron chi connectivity index (χ0n) is 18.8. The molecule has 0 saturated heterocycles. The molecule has 0 radical (unpaired) electrons. The van der Waals surface area contributed by atoms with Gasteiger partial charge in [0.25, 0.3) is 0 Å². The van der Waals surface area contributed by atoms with Gasteiger partial charge in [-0.2, -0.15) is 0 Å². The lowest BCUT2D eigenvalue weighted by atomic mass is 9.67. The van der Waals surface area contributed by atoms with Gasteiger partial charge in [-0.25, -0.2) is 0 Å². The Morgan fingerprint density at radius 2 is 1.31 bits per heavy atom. The van der Waals surface area contributed by atoms with E-state index in [0.717, 1.165) is 10.6 Å². The van der Waals surface area contributed by atoms with Crippen LogP contribution < -0.4 is 0 Å². The van der Waals surface area contributed by atoms with Crippen molar-refractivity contribution < 1.29 is 0 Å². The molecule has 1 aliphatic carbocycles. The van der Waals surface area contributed by atoms with Gasteiger partial charge in [-0.3, -0.25) is 0 Å². The van der Waals surface area contributed by atoms with Crippen LogP contribution in [-0.4, -0.2) is 0 Å². The van der Waals surface area contributed by atoms with Gasteiger partial charge in [0.05, 0.1) is 5.41 Å². The van der Waals surface area contributed by atoms with E-state index in [2.05, 4.69) is 112 Å². The third-order valence-electron chi connectivity index (χ3n) is 6.77. The van der Waals surface area contributed by atoms with Crippen molar-refractivity contribution in [3.63, 3.8) is 0 Å². The molecular formula is C31H27Cl. The van der Waals surface area contributed by atoms with E-state index in [4.69, 9.17) is 11.6 Å². The van der Waals surface area contributed by atoms with Crippen LogP contribution in [0.4, 0.5) is 0 Å². The first kappa shape index (κ1) is 20.8. The topological polar surface area (TPSA) is 0 Å². The van der Waals surface area contributed by atoms with E-state index in [-0.39, 0.29) is 5.41 Å². The summed E-state index contributed by atoms with van der Waals surface area (Å²) in [5.41, 5.74) is 9.67. The highest BCUT2D eigenvalue weighted by molar-refractivity contribution is 6.30. The second-order valence-electron chi connectivity index (χ2n) is 9.64. The van der Waals surface area contributed by atoms with Crippen molar-refractivity contribution in [3.05, 3.63) is 136 Å². The fraction of sp³-hybridized carbons (Fsp3) is 0.161. The highest BCUT2D eigenvalue weighted by atomic mass is 35.5. The van der Waals surface area contributed by atoms with E-state index >= 15 is 0 Å². The Labute approximate surface area is 196 Å².